The Morgan fingerprint density at radius 1 is 0.920 bits per heavy atom. The molecule has 0 aromatic heterocycles. The van der Waals surface area contributed by atoms with Gasteiger partial charge in [-0.3, -0.25) is 0 Å². The molecular weight excluding hydrogens is 318 g/mol. The first-order valence-electron chi connectivity index (χ1n) is 8.62. The maximum absolute atomic E-state index is 5.72. The first kappa shape index (κ1) is 17.4. The average molecular weight is 343 g/mol. The summed E-state index contributed by atoms with van der Waals surface area (Å²) in [5.41, 5.74) is 1.79. The number of ether oxygens (including phenoxy) is 4. The lowest BCUT2D eigenvalue weighted by Crippen LogP contribution is -2.12. The van der Waals surface area contributed by atoms with Crippen LogP contribution < -0.4 is 19.5 Å². The maximum atomic E-state index is 5.72. The fourth-order valence-electron chi connectivity index (χ4n) is 2.96. The van der Waals surface area contributed by atoms with Crippen molar-refractivity contribution in [3.8, 4) is 17.2 Å². The molecule has 0 aliphatic heterocycles. The molecule has 0 bridgehead atoms. The minimum atomic E-state index is 0.307. The molecule has 1 saturated carbocycles. The van der Waals surface area contributed by atoms with E-state index in [1.807, 2.05) is 42.5 Å². The lowest BCUT2D eigenvalue weighted by molar-refractivity contribution is -0.0324. The SMILES string of the molecule is COc1ccc(OC)c(Nc2ccc(OCOC3CCCC3)cc2)c1. The van der Waals surface area contributed by atoms with Crippen LogP contribution in [-0.2, 0) is 4.74 Å². The van der Waals surface area contributed by atoms with Crippen molar-refractivity contribution in [3.63, 3.8) is 0 Å². The molecule has 3 rings (SSSR count). The number of hydrogen-bond donors (Lipinski definition) is 1. The third kappa shape index (κ3) is 4.79. The van der Waals surface area contributed by atoms with Gasteiger partial charge in [0.05, 0.1) is 26.0 Å². The number of anilines is 2. The Hall–Kier alpha value is -2.40. The molecule has 0 atom stereocenters. The van der Waals surface area contributed by atoms with Gasteiger partial charge in [-0.15, -0.1) is 0 Å². The van der Waals surface area contributed by atoms with Gasteiger partial charge < -0.3 is 24.3 Å². The normalized spacial score (nSPS) is 14.3. The largest absolute Gasteiger partial charge is 0.497 e. The summed E-state index contributed by atoms with van der Waals surface area (Å²) in [4.78, 5) is 0. The van der Waals surface area contributed by atoms with Gasteiger partial charge in [-0.25, -0.2) is 0 Å². The van der Waals surface area contributed by atoms with E-state index in [1.165, 1.54) is 12.8 Å². The lowest BCUT2D eigenvalue weighted by Gasteiger charge is -2.14. The Morgan fingerprint density at radius 3 is 2.32 bits per heavy atom. The standard InChI is InChI=1S/C20H25NO4/c1-22-18-11-12-20(23-2)19(13-18)21-15-7-9-17(10-8-15)25-14-24-16-5-3-4-6-16/h7-13,16,21H,3-6,14H2,1-2H3. The number of benzene rings is 2. The molecule has 5 nitrogen and oxygen atoms in total. The molecule has 1 aliphatic carbocycles. The Morgan fingerprint density at radius 2 is 1.64 bits per heavy atom. The van der Waals surface area contributed by atoms with Crippen LogP contribution in [0.4, 0.5) is 11.4 Å². The molecule has 0 spiro atoms. The maximum Gasteiger partial charge on any atom is 0.189 e. The Bertz CT molecular complexity index is 666. The van der Waals surface area contributed by atoms with Crippen molar-refractivity contribution < 1.29 is 18.9 Å². The van der Waals surface area contributed by atoms with E-state index in [1.54, 1.807) is 14.2 Å². The summed E-state index contributed by atoms with van der Waals surface area (Å²) in [5, 5.41) is 3.33. The fraction of sp³-hybridized carbons (Fsp3) is 0.400. The van der Waals surface area contributed by atoms with Gasteiger partial charge in [-0.2, -0.15) is 0 Å². The number of hydrogen-bond acceptors (Lipinski definition) is 5. The highest BCUT2D eigenvalue weighted by Crippen LogP contribution is 2.32. The van der Waals surface area contributed by atoms with Crippen molar-refractivity contribution in [1.29, 1.82) is 0 Å². The van der Waals surface area contributed by atoms with E-state index in [9.17, 15) is 0 Å². The molecule has 0 saturated heterocycles. The quantitative estimate of drug-likeness (QED) is 0.701. The molecule has 134 valence electrons. The van der Waals surface area contributed by atoms with Crippen LogP contribution in [0.15, 0.2) is 42.5 Å². The number of nitrogens with one attached hydrogen (secondary N) is 1. The summed E-state index contributed by atoms with van der Waals surface area (Å²) in [6.07, 6.45) is 5.18. The van der Waals surface area contributed by atoms with Crippen LogP contribution in [0.25, 0.3) is 0 Å². The second-order valence-electron chi connectivity index (χ2n) is 6.05. The van der Waals surface area contributed by atoms with Crippen molar-refractivity contribution in [2.45, 2.75) is 31.8 Å². The first-order valence-corrected chi connectivity index (χ1v) is 8.62. The molecule has 1 fully saturated rings. The van der Waals surface area contributed by atoms with Crippen LogP contribution in [0, 0.1) is 0 Å². The van der Waals surface area contributed by atoms with E-state index in [-0.39, 0.29) is 0 Å². The zero-order chi connectivity index (χ0) is 17.5. The molecule has 25 heavy (non-hydrogen) atoms. The molecule has 5 heteroatoms. The molecule has 1 aliphatic rings. The Labute approximate surface area is 148 Å². The average Bonchev–Trinajstić information content (AvgIpc) is 3.16. The van der Waals surface area contributed by atoms with Gasteiger partial charge in [0.15, 0.2) is 6.79 Å². The van der Waals surface area contributed by atoms with Crippen LogP contribution in [0.5, 0.6) is 17.2 Å². The summed E-state index contributed by atoms with van der Waals surface area (Å²) in [7, 11) is 3.29. The Kier molecular flexibility index (Phi) is 6.01. The minimum absolute atomic E-state index is 0.307. The topological polar surface area (TPSA) is 49.0 Å². The van der Waals surface area contributed by atoms with Gasteiger partial charge in [-0.1, -0.05) is 12.8 Å². The van der Waals surface area contributed by atoms with E-state index >= 15 is 0 Å². The summed E-state index contributed by atoms with van der Waals surface area (Å²) in [6, 6.07) is 13.4. The molecule has 1 N–H and O–H groups in total. The van der Waals surface area contributed by atoms with E-state index in [2.05, 4.69) is 5.32 Å². The highest BCUT2D eigenvalue weighted by atomic mass is 16.7. The van der Waals surface area contributed by atoms with E-state index in [4.69, 9.17) is 18.9 Å². The summed E-state index contributed by atoms with van der Waals surface area (Å²) in [6.45, 7) is 0.307. The monoisotopic (exact) mass is 343 g/mol. The van der Waals surface area contributed by atoms with Gasteiger partial charge in [0.1, 0.15) is 17.2 Å². The van der Waals surface area contributed by atoms with Gasteiger partial charge >= 0.3 is 0 Å². The van der Waals surface area contributed by atoms with Crippen LogP contribution in [0.1, 0.15) is 25.7 Å². The first-order chi connectivity index (χ1) is 12.3. The molecule has 0 radical (unpaired) electrons. The highest BCUT2D eigenvalue weighted by Gasteiger charge is 2.15. The molecule has 0 heterocycles. The molecule has 0 amide bonds. The third-order valence-corrected chi connectivity index (χ3v) is 4.37. The molecular formula is C20H25NO4. The predicted octanol–water partition coefficient (Wildman–Crippen LogP) is 4.74. The number of methoxy groups -OCH3 is 2. The van der Waals surface area contributed by atoms with Crippen molar-refractivity contribution in [1.82, 2.24) is 0 Å². The van der Waals surface area contributed by atoms with Crippen LogP contribution in [0.3, 0.4) is 0 Å². The van der Waals surface area contributed by atoms with E-state index in [0.29, 0.717) is 12.9 Å². The van der Waals surface area contributed by atoms with Crippen molar-refractivity contribution in [3.05, 3.63) is 42.5 Å². The van der Waals surface area contributed by atoms with Crippen molar-refractivity contribution in [2.24, 2.45) is 0 Å². The zero-order valence-electron chi connectivity index (χ0n) is 14.8. The smallest absolute Gasteiger partial charge is 0.189 e. The summed E-state index contributed by atoms with van der Waals surface area (Å²) < 4.78 is 22.0. The predicted molar refractivity (Wildman–Crippen MR) is 98.1 cm³/mol. The van der Waals surface area contributed by atoms with Crippen molar-refractivity contribution in [2.75, 3.05) is 26.3 Å². The van der Waals surface area contributed by atoms with Gasteiger partial charge in [-0.05, 0) is 49.2 Å². The highest BCUT2D eigenvalue weighted by molar-refractivity contribution is 5.68. The van der Waals surface area contributed by atoms with Crippen LogP contribution in [-0.4, -0.2) is 27.1 Å². The van der Waals surface area contributed by atoms with E-state index in [0.717, 1.165) is 41.5 Å². The molecule has 2 aromatic carbocycles. The van der Waals surface area contributed by atoms with Gasteiger partial charge in [0, 0.05) is 11.8 Å². The van der Waals surface area contributed by atoms with Crippen LogP contribution in [0.2, 0.25) is 0 Å². The minimum Gasteiger partial charge on any atom is -0.497 e. The van der Waals surface area contributed by atoms with Gasteiger partial charge in [0.2, 0.25) is 0 Å². The van der Waals surface area contributed by atoms with Gasteiger partial charge in [0.25, 0.3) is 0 Å². The zero-order valence-corrected chi connectivity index (χ0v) is 14.8. The van der Waals surface area contributed by atoms with E-state index < -0.39 is 0 Å². The second-order valence-corrected chi connectivity index (χ2v) is 6.05. The molecule has 0 unspecified atom stereocenters. The summed E-state index contributed by atoms with van der Waals surface area (Å²) >= 11 is 0. The Balaban J connectivity index is 1.57. The molecule has 2 aromatic rings. The third-order valence-electron chi connectivity index (χ3n) is 4.37. The fourth-order valence-corrected chi connectivity index (χ4v) is 2.96. The lowest BCUT2D eigenvalue weighted by atomic mass is 10.2. The van der Waals surface area contributed by atoms with Crippen molar-refractivity contribution >= 4 is 11.4 Å². The van der Waals surface area contributed by atoms with Crippen LogP contribution >= 0.6 is 0 Å². The number of rotatable bonds is 8. The second kappa shape index (κ2) is 8.62. The summed E-state index contributed by atoms with van der Waals surface area (Å²) in [5.74, 6) is 2.32.